The van der Waals surface area contributed by atoms with Gasteiger partial charge in [-0.15, -0.1) is 0 Å². The lowest BCUT2D eigenvalue weighted by Crippen LogP contribution is -2.14. The minimum atomic E-state index is -0.337. The Morgan fingerprint density at radius 3 is 1.39 bits per heavy atom. The number of fused-ring (bicyclic) bond motifs is 3. The fourth-order valence-electron chi connectivity index (χ4n) is 5.66. The maximum absolute atomic E-state index is 13.6. The molecule has 41 heavy (non-hydrogen) atoms. The molecule has 1 aliphatic rings. The van der Waals surface area contributed by atoms with Crippen LogP contribution in [0.4, 0.5) is 8.78 Å². The lowest BCUT2D eigenvalue weighted by atomic mass is 9.81. The molecule has 0 atom stereocenters. The van der Waals surface area contributed by atoms with Gasteiger partial charge in [0.15, 0.2) is 17.5 Å². The van der Waals surface area contributed by atoms with Crippen LogP contribution in [0.15, 0.2) is 115 Å². The highest BCUT2D eigenvalue weighted by molar-refractivity contribution is 5.83. The van der Waals surface area contributed by atoms with Gasteiger partial charge in [0.1, 0.15) is 11.6 Å². The number of hydrogen-bond donors (Lipinski definition) is 0. The topological polar surface area (TPSA) is 38.7 Å². The van der Waals surface area contributed by atoms with E-state index in [1.54, 1.807) is 24.3 Å². The van der Waals surface area contributed by atoms with Crippen LogP contribution in [-0.4, -0.2) is 15.0 Å². The van der Waals surface area contributed by atoms with Crippen molar-refractivity contribution < 1.29 is 8.78 Å². The van der Waals surface area contributed by atoms with Crippen LogP contribution in [0, 0.1) is 11.6 Å². The highest BCUT2D eigenvalue weighted by Gasteiger charge is 2.35. The second-order valence-corrected chi connectivity index (χ2v) is 10.8. The summed E-state index contributed by atoms with van der Waals surface area (Å²) in [6.45, 7) is 4.56. The molecule has 0 saturated heterocycles. The van der Waals surface area contributed by atoms with Gasteiger partial charge in [0.25, 0.3) is 0 Å². The van der Waals surface area contributed by atoms with Gasteiger partial charge in [0.2, 0.25) is 0 Å². The van der Waals surface area contributed by atoms with E-state index in [0.29, 0.717) is 28.6 Å². The summed E-state index contributed by atoms with van der Waals surface area (Å²) in [6, 6.07) is 35.5. The van der Waals surface area contributed by atoms with Crippen LogP contribution >= 0.6 is 0 Å². The third-order valence-electron chi connectivity index (χ3n) is 7.90. The highest BCUT2D eigenvalue weighted by Crippen LogP contribution is 2.49. The van der Waals surface area contributed by atoms with Crippen molar-refractivity contribution in [3.63, 3.8) is 0 Å². The van der Waals surface area contributed by atoms with Crippen molar-refractivity contribution in [1.82, 2.24) is 15.0 Å². The number of aromatic nitrogens is 3. The predicted molar refractivity (Wildman–Crippen MR) is 159 cm³/mol. The molecule has 0 radical (unpaired) electrons. The zero-order valence-corrected chi connectivity index (χ0v) is 22.6. The highest BCUT2D eigenvalue weighted by atomic mass is 19.1. The van der Waals surface area contributed by atoms with Crippen LogP contribution < -0.4 is 0 Å². The SMILES string of the molecule is CC1(C)c2ccccc2-c2ccc(-c3ccc(-c4nc(-c5ccc(F)cc5)nc(-c5ccc(F)cc5)n4)cc3)cc21. The van der Waals surface area contributed by atoms with E-state index in [1.165, 1.54) is 46.5 Å². The van der Waals surface area contributed by atoms with Gasteiger partial charge in [0, 0.05) is 22.1 Å². The monoisotopic (exact) mass is 537 g/mol. The molecule has 0 bridgehead atoms. The number of halogens is 2. The van der Waals surface area contributed by atoms with Gasteiger partial charge < -0.3 is 0 Å². The summed E-state index contributed by atoms with van der Waals surface area (Å²) in [5.41, 5.74) is 9.58. The summed E-state index contributed by atoms with van der Waals surface area (Å²) >= 11 is 0. The minimum Gasteiger partial charge on any atom is -0.208 e. The van der Waals surface area contributed by atoms with Crippen molar-refractivity contribution in [3.8, 4) is 56.4 Å². The summed E-state index contributed by atoms with van der Waals surface area (Å²) in [4.78, 5) is 14.1. The third kappa shape index (κ3) is 4.40. The average molecular weight is 538 g/mol. The standard InChI is InChI=1S/C36H25F2N3/c1-36(2)31-6-4-3-5-29(31)30-20-15-26(21-32(30)36)22-7-9-23(10-8-22)33-39-34(24-11-16-27(37)17-12-24)41-35(40-33)25-13-18-28(38)19-14-25/h3-21H,1-2H3. The van der Waals surface area contributed by atoms with Crippen LogP contribution in [0.5, 0.6) is 0 Å². The maximum Gasteiger partial charge on any atom is 0.164 e. The summed E-state index contributed by atoms with van der Waals surface area (Å²) in [7, 11) is 0. The predicted octanol–water partition coefficient (Wildman–Crippen LogP) is 9.12. The van der Waals surface area contributed by atoms with Gasteiger partial charge in [-0.1, -0.05) is 74.5 Å². The molecule has 5 heteroatoms. The van der Waals surface area contributed by atoms with Gasteiger partial charge in [0.05, 0.1) is 0 Å². The summed E-state index contributed by atoms with van der Waals surface area (Å²) < 4.78 is 27.2. The van der Waals surface area contributed by atoms with Crippen molar-refractivity contribution in [3.05, 3.63) is 138 Å². The number of rotatable bonds is 4. The van der Waals surface area contributed by atoms with Crippen molar-refractivity contribution in [2.24, 2.45) is 0 Å². The Balaban J connectivity index is 1.27. The summed E-state index contributed by atoms with van der Waals surface area (Å²) in [6.07, 6.45) is 0. The first kappa shape index (κ1) is 25.0. The normalized spacial score (nSPS) is 13.1. The van der Waals surface area contributed by atoms with E-state index in [0.717, 1.165) is 16.7 Å². The molecule has 6 aromatic rings. The largest absolute Gasteiger partial charge is 0.208 e. The second kappa shape index (κ2) is 9.56. The molecule has 5 aromatic carbocycles. The second-order valence-electron chi connectivity index (χ2n) is 10.8. The van der Waals surface area contributed by atoms with E-state index in [1.807, 2.05) is 12.1 Å². The first-order chi connectivity index (χ1) is 19.9. The molecule has 1 aliphatic carbocycles. The van der Waals surface area contributed by atoms with Crippen LogP contribution in [0.25, 0.3) is 56.4 Å². The molecule has 1 aromatic heterocycles. The first-order valence-electron chi connectivity index (χ1n) is 13.5. The molecule has 0 saturated carbocycles. The van der Waals surface area contributed by atoms with Crippen LogP contribution in [0.3, 0.4) is 0 Å². The zero-order valence-electron chi connectivity index (χ0n) is 22.6. The Hall–Kier alpha value is -5.03. The molecule has 0 unspecified atom stereocenters. The van der Waals surface area contributed by atoms with Crippen molar-refractivity contribution in [2.75, 3.05) is 0 Å². The molecule has 0 spiro atoms. The van der Waals surface area contributed by atoms with Crippen LogP contribution in [-0.2, 0) is 5.41 Å². The van der Waals surface area contributed by atoms with E-state index < -0.39 is 0 Å². The maximum atomic E-state index is 13.6. The Morgan fingerprint density at radius 1 is 0.439 bits per heavy atom. The van der Waals surface area contributed by atoms with E-state index in [2.05, 4.69) is 73.4 Å². The Bertz CT molecular complexity index is 1850. The van der Waals surface area contributed by atoms with E-state index in [-0.39, 0.29) is 17.0 Å². The van der Waals surface area contributed by atoms with Crippen molar-refractivity contribution >= 4 is 0 Å². The van der Waals surface area contributed by atoms with Crippen molar-refractivity contribution in [2.45, 2.75) is 19.3 Å². The molecule has 198 valence electrons. The van der Waals surface area contributed by atoms with Gasteiger partial charge >= 0.3 is 0 Å². The quantitative estimate of drug-likeness (QED) is 0.225. The first-order valence-corrected chi connectivity index (χ1v) is 13.5. The summed E-state index contributed by atoms with van der Waals surface area (Å²) in [5, 5.41) is 0. The molecule has 7 rings (SSSR count). The Morgan fingerprint density at radius 2 is 0.854 bits per heavy atom. The van der Waals surface area contributed by atoms with E-state index in [9.17, 15) is 8.78 Å². The number of benzene rings is 5. The molecule has 0 N–H and O–H groups in total. The fraction of sp³-hybridized carbons (Fsp3) is 0.0833. The Kier molecular flexibility index (Phi) is 5.82. The lowest BCUT2D eigenvalue weighted by molar-refractivity contribution is 0.627. The van der Waals surface area contributed by atoms with Crippen LogP contribution in [0.2, 0.25) is 0 Å². The van der Waals surface area contributed by atoms with Gasteiger partial charge in [-0.25, -0.2) is 23.7 Å². The molecular weight excluding hydrogens is 512 g/mol. The van der Waals surface area contributed by atoms with Crippen molar-refractivity contribution in [1.29, 1.82) is 0 Å². The lowest BCUT2D eigenvalue weighted by Gasteiger charge is -2.22. The molecular formula is C36H25F2N3. The minimum absolute atomic E-state index is 0.0692. The average Bonchev–Trinajstić information content (AvgIpc) is 3.24. The molecule has 0 aliphatic heterocycles. The Labute approximate surface area is 237 Å². The number of hydrogen-bond acceptors (Lipinski definition) is 3. The molecule has 0 fully saturated rings. The van der Waals surface area contributed by atoms with Gasteiger partial charge in [-0.3, -0.25) is 0 Å². The molecule has 3 nitrogen and oxygen atoms in total. The smallest absolute Gasteiger partial charge is 0.164 e. The van der Waals surface area contributed by atoms with E-state index in [4.69, 9.17) is 9.97 Å². The molecule has 0 amide bonds. The third-order valence-corrected chi connectivity index (χ3v) is 7.90. The summed E-state index contributed by atoms with van der Waals surface area (Å²) in [5.74, 6) is 0.640. The van der Waals surface area contributed by atoms with Gasteiger partial charge in [-0.05, 0) is 88.0 Å². The zero-order chi connectivity index (χ0) is 28.1. The fourth-order valence-corrected chi connectivity index (χ4v) is 5.66. The molecule has 1 heterocycles. The van der Waals surface area contributed by atoms with E-state index >= 15 is 0 Å². The van der Waals surface area contributed by atoms with Crippen LogP contribution in [0.1, 0.15) is 25.0 Å². The van der Waals surface area contributed by atoms with Gasteiger partial charge in [-0.2, -0.15) is 0 Å². The number of nitrogens with zero attached hydrogens (tertiary/aromatic N) is 3.